The molecule has 0 bridgehead atoms. The van der Waals surface area contributed by atoms with Crippen molar-refractivity contribution < 1.29 is 118 Å². The molecule has 0 aliphatic carbocycles. The van der Waals surface area contributed by atoms with E-state index in [2.05, 4.69) is 0 Å². The first-order valence-electron chi connectivity index (χ1n) is 1.65. The third-order valence-electron chi connectivity index (χ3n) is 0.175. The summed E-state index contributed by atoms with van der Waals surface area (Å²) in [6.07, 6.45) is -2.08. The average molecular weight is 268 g/mol. The maximum Gasteiger partial charge on any atom is 1.00 e. The van der Waals surface area contributed by atoms with E-state index in [1.807, 2.05) is 0 Å². The van der Waals surface area contributed by atoms with Crippen molar-refractivity contribution in [2.45, 2.75) is 0 Å². The van der Waals surface area contributed by atoms with Crippen LogP contribution in [0.1, 0.15) is 0 Å². The number of hydrogen-bond acceptors (Lipinski definition) is 6. The second-order valence-corrected chi connectivity index (χ2v) is 4.22. The van der Waals surface area contributed by atoms with E-state index in [9.17, 15) is 17.2 Å². The van der Waals surface area contributed by atoms with Gasteiger partial charge in [-0.1, -0.05) is 0 Å². The standard InChI is InChI=1S/CH2O3.K.Na.H2O5S2/c2-1(3)4;;;1-6(2)7(3,4)5/h(H2,2,3,4);;;(H,1,2)(H,3,4,5)/q;2*+1;/p-2. The van der Waals surface area contributed by atoms with E-state index in [1.165, 1.54) is 0 Å². The molecule has 0 aromatic rings. The molecule has 68 valence electrons. The molecule has 0 saturated carbocycles. The smallest absolute Gasteiger partial charge is 0.736 e. The van der Waals surface area contributed by atoms with Crippen LogP contribution in [0.5, 0.6) is 0 Å². The fourth-order valence-electron chi connectivity index (χ4n) is 0. The molecule has 0 aliphatic rings. The Kier molecular flexibility index (Phi) is 22.4. The minimum atomic E-state index is -4.96. The molecule has 0 aromatic carbocycles. The van der Waals surface area contributed by atoms with E-state index in [0.29, 0.717) is 0 Å². The van der Waals surface area contributed by atoms with Crippen molar-refractivity contribution in [3.05, 3.63) is 0 Å². The van der Waals surface area contributed by atoms with Gasteiger partial charge in [0.1, 0.15) is 0 Å². The van der Waals surface area contributed by atoms with Gasteiger partial charge >= 0.3 is 80.9 Å². The second-order valence-electron chi connectivity index (χ2n) is 0.891. The summed E-state index contributed by atoms with van der Waals surface area (Å²) >= 11 is 0. The molecule has 0 aliphatic heterocycles. The van der Waals surface area contributed by atoms with Crippen molar-refractivity contribution in [1.82, 2.24) is 0 Å². The summed E-state index contributed by atoms with van der Waals surface area (Å²) < 4.78 is 44.4. The molecule has 0 radical (unpaired) electrons. The molecule has 0 spiro atoms. The van der Waals surface area contributed by atoms with Gasteiger partial charge in [-0.15, -0.1) is 0 Å². The van der Waals surface area contributed by atoms with Gasteiger partial charge in [-0.25, -0.2) is 12.6 Å². The SMILES string of the molecule is O=C([O-])O.O=S(O)S(=O)(=O)[O-].[K+].[Na+]. The zero-order valence-electron chi connectivity index (χ0n) is 6.66. The van der Waals surface area contributed by atoms with Gasteiger partial charge in [-0.2, -0.15) is 0 Å². The zero-order chi connectivity index (χ0) is 9.65. The fraction of sp³-hybridized carbons (Fsp3) is 0. The van der Waals surface area contributed by atoms with Gasteiger partial charge in [-0.05, 0) is 0 Å². The summed E-state index contributed by atoms with van der Waals surface area (Å²) in [4.78, 5) is 8.44. The van der Waals surface area contributed by atoms with Crippen molar-refractivity contribution in [3.63, 3.8) is 0 Å². The monoisotopic (exact) mass is 268 g/mol. The Morgan fingerprint density at radius 3 is 1.46 bits per heavy atom. The molecule has 13 heavy (non-hydrogen) atoms. The van der Waals surface area contributed by atoms with Crippen LogP contribution in [0.15, 0.2) is 0 Å². The third kappa shape index (κ3) is 31.5. The molecular weight excluding hydrogens is 266 g/mol. The van der Waals surface area contributed by atoms with Crippen molar-refractivity contribution in [3.8, 4) is 0 Å². The summed E-state index contributed by atoms with van der Waals surface area (Å²) in [7, 11) is -8.23. The Morgan fingerprint density at radius 2 is 1.46 bits per heavy atom. The Hall–Kier alpha value is 1.93. The largest absolute Gasteiger partial charge is 1.00 e. The molecule has 8 nitrogen and oxygen atoms in total. The number of carbonyl (C=O) groups is 1. The van der Waals surface area contributed by atoms with E-state index >= 15 is 0 Å². The van der Waals surface area contributed by atoms with Crippen molar-refractivity contribution in [1.29, 1.82) is 0 Å². The summed E-state index contributed by atoms with van der Waals surface area (Å²) in [5, 5.41) is 15.3. The van der Waals surface area contributed by atoms with Gasteiger partial charge in [0.15, 0.2) is 0 Å². The second kappa shape index (κ2) is 12.0. The maximum atomic E-state index is 9.23. The van der Waals surface area contributed by atoms with Gasteiger partial charge < -0.3 is 19.6 Å². The summed E-state index contributed by atoms with van der Waals surface area (Å²) in [5.74, 6) is 0. The van der Waals surface area contributed by atoms with Gasteiger partial charge in [-0.3, -0.25) is 4.55 Å². The predicted molar refractivity (Wildman–Crippen MR) is 28.5 cm³/mol. The maximum absolute atomic E-state index is 9.23. The van der Waals surface area contributed by atoms with Crippen LogP contribution in [-0.4, -0.2) is 33.0 Å². The van der Waals surface area contributed by atoms with Crippen molar-refractivity contribution >= 4 is 25.4 Å². The van der Waals surface area contributed by atoms with Crippen LogP contribution in [-0.2, 0) is 19.3 Å². The predicted octanol–water partition coefficient (Wildman–Crippen LogP) is -8.44. The minimum absolute atomic E-state index is 0. The average Bonchev–Trinajstić information content (AvgIpc) is 1.59. The van der Waals surface area contributed by atoms with E-state index in [4.69, 9.17) is 19.6 Å². The first-order chi connectivity index (χ1) is 4.68. The quantitative estimate of drug-likeness (QED) is 0.205. The Labute approximate surface area is 140 Å². The molecule has 0 amide bonds. The van der Waals surface area contributed by atoms with Crippen LogP contribution in [0.3, 0.4) is 0 Å². The van der Waals surface area contributed by atoms with E-state index in [-0.39, 0.29) is 80.9 Å². The Morgan fingerprint density at radius 1 is 1.38 bits per heavy atom. The molecule has 0 rings (SSSR count). The summed E-state index contributed by atoms with van der Waals surface area (Å²) in [6.45, 7) is 0. The Balaban J connectivity index is -0.0000000600. The minimum Gasteiger partial charge on any atom is -0.736 e. The number of carboxylic acid groups (broad SMARTS) is 2. The van der Waals surface area contributed by atoms with Crippen LogP contribution >= 0.6 is 0 Å². The zero-order valence-corrected chi connectivity index (χ0v) is 13.4. The van der Waals surface area contributed by atoms with E-state index in [1.54, 1.807) is 0 Å². The molecule has 0 saturated heterocycles. The first kappa shape index (κ1) is 24.2. The molecule has 2 N–H and O–H groups in total. The van der Waals surface area contributed by atoms with Gasteiger partial charge in [0, 0.05) is 0 Å². The molecule has 0 heterocycles. The number of hydrogen-bond donors (Lipinski definition) is 2. The van der Waals surface area contributed by atoms with Crippen LogP contribution in [0.25, 0.3) is 0 Å². The van der Waals surface area contributed by atoms with E-state index < -0.39 is 25.4 Å². The van der Waals surface area contributed by atoms with E-state index in [0.717, 1.165) is 0 Å². The molecule has 0 fully saturated rings. The normalized spacial score (nSPS) is 10.6. The molecule has 0 aromatic heterocycles. The molecule has 12 heteroatoms. The first-order valence-corrected chi connectivity index (χ1v) is 4.68. The van der Waals surface area contributed by atoms with Crippen LogP contribution in [0, 0.1) is 0 Å². The summed E-state index contributed by atoms with van der Waals surface area (Å²) in [5.41, 5.74) is 0. The Bertz CT molecular complexity index is 241. The number of rotatable bonds is 1. The van der Waals surface area contributed by atoms with Gasteiger partial charge in [0.25, 0.3) is 10.1 Å². The molecule has 1 unspecified atom stereocenters. The molecular formula is CH2KNaO8S2. The van der Waals surface area contributed by atoms with Crippen molar-refractivity contribution in [2.24, 2.45) is 0 Å². The topological polar surface area (TPSA) is 155 Å². The van der Waals surface area contributed by atoms with Crippen LogP contribution < -0.4 is 86.0 Å². The molecule has 1 atom stereocenters. The van der Waals surface area contributed by atoms with Crippen LogP contribution in [0.2, 0.25) is 0 Å². The van der Waals surface area contributed by atoms with Gasteiger partial charge in [0.2, 0.25) is 15.3 Å². The summed E-state index contributed by atoms with van der Waals surface area (Å²) in [6, 6.07) is 0. The van der Waals surface area contributed by atoms with Crippen molar-refractivity contribution in [2.75, 3.05) is 0 Å². The van der Waals surface area contributed by atoms with Crippen LogP contribution in [0.4, 0.5) is 4.79 Å². The van der Waals surface area contributed by atoms with Gasteiger partial charge in [0.05, 0.1) is 0 Å². The third-order valence-corrected chi connectivity index (χ3v) is 1.57. The fourth-order valence-corrected chi connectivity index (χ4v) is 0.